The summed E-state index contributed by atoms with van der Waals surface area (Å²) in [5, 5.41) is 14.9. The lowest BCUT2D eigenvalue weighted by atomic mass is 10.1. The van der Waals surface area contributed by atoms with Crippen molar-refractivity contribution in [2.45, 2.75) is 12.6 Å². The van der Waals surface area contributed by atoms with E-state index in [4.69, 9.17) is 11.6 Å². The number of halogens is 3. The fraction of sp³-hybridized carbons (Fsp3) is 0.188. The van der Waals surface area contributed by atoms with Crippen LogP contribution < -0.4 is 10.6 Å². The zero-order chi connectivity index (χ0) is 16.8. The third-order valence-corrected chi connectivity index (χ3v) is 3.46. The molecule has 1 unspecified atom stereocenters. The quantitative estimate of drug-likeness (QED) is 0.783. The molecule has 0 aromatic heterocycles. The highest BCUT2D eigenvalue weighted by Gasteiger charge is 2.11. The van der Waals surface area contributed by atoms with Gasteiger partial charge in [0.05, 0.1) is 11.1 Å². The first-order chi connectivity index (χ1) is 11.0. The molecule has 7 heteroatoms. The molecule has 0 bridgehead atoms. The Balaban J connectivity index is 1.79. The van der Waals surface area contributed by atoms with Gasteiger partial charge >= 0.3 is 6.03 Å². The van der Waals surface area contributed by atoms with Crippen molar-refractivity contribution in [2.24, 2.45) is 0 Å². The van der Waals surface area contributed by atoms with Gasteiger partial charge in [-0.3, -0.25) is 0 Å². The number of urea groups is 1. The van der Waals surface area contributed by atoms with E-state index >= 15 is 0 Å². The van der Waals surface area contributed by atoms with Gasteiger partial charge in [0.2, 0.25) is 0 Å². The average molecular weight is 341 g/mol. The van der Waals surface area contributed by atoms with Crippen LogP contribution in [0.2, 0.25) is 5.02 Å². The van der Waals surface area contributed by atoms with Gasteiger partial charge in [0.1, 0.15) is 11.6 Å². The van der Waals surface area contributed by atoms with Crippen LogP contribution in [0, 0.1) is 11.6 Å². The molecule has 0 saturated heterocycles. The lowest BCUT2D eigenvalue weighted by Gasteiger charge is -2.13. The molecule has 122 valence electrons. The number of amides is 2. The number of benzene rings is 2. The minimum absolute atomic E-state index is 0.0362. The molecule has 0 aliphatic heterocycles. The van der Waals surface area contributed by atoms with Crippen LogP contribution in [-0.4, -0.2) is 17.7 Å². The Morgan fingerprint density at radius 2 is 1.83 bits per heavy atom. The van der Waals surface area contributed by atoms with Crippen LogP contribution >= 0.6 is 11.6 Å². The molecule has 0 heterocycles. The normalized spacial score (nSPS) is 11.8. The van der Waals surface area contributed by atoms with Gasteiger partial charge in [0.25, 0.3) is 0 Å². The molecule has 1 atom stereocenters. The molecule has 0 aliphatic rings. The molecule has 0 saturated carbocycles. The zero-order valence-corrected chi connectivity index (χ0v) is 12.8. The molecule has 23 heavy (non-hydrogen) atoms. The van der Waals surface area contributed by atoms with Crippen molar-refractivity contribution in [3.8, 4) is 0 Å². The summed E-state index contributed by atoms with van der Waals surface area (Å²) in [7, 11) is 0. The van der Waals surface area contributed by atoms with E-state index in [1.165, 1.54) is 24.3 Å². The Morgan fingerprint density at radius 3 is 2.48 bits per heavy atom. The lowest BCUT2D eigenvalue weighted by Crippen LogP contribution is -2.37. The van der Waals surface area contributed by atoms with Gasteiger partial charge in [-0.1, -0.05) is 29.8 Å². The van der Waals surface area contributed by atoms with E-state index in [0.29, 0.717) is 5.56 Å². The Morgan fingerprint density at radius 1 is 1.13 bits per heavy atom. The fourth-order valence-corrected chi connectivity index (χ4v) is 1.99. The first-order valence-corrected chi connectivity index (χ1v) is 7.22. The van der Waals surface area contributed by atoms with Crippen molar-refractivity contribution >= 4 is 17.6 Å². The maximum atomic E-state index is 13.3. The molecule has 2 aromatic carbocycles. The fourth-order valence-electron chi connectivity index (χ4n) is 1.87. The highest BCUT2D eigenvalue weighted by atomic mass is 35.5. The molecule has 0 fully saturated rings. The summed E-state index contributed by atoms with van der Waals surface area (Å²) in [4.78, 5) is 11.6. The molecule has 0 spiro atoms. The number of hydrogen-bond acceptors (Lipinski definition) is 2. The molecular formula is C16H15ClF2N2O2. The molecular weight excluding hydrogens is 326 g/mol. The van der Waals surface area contributed by atoms with Crippen molar-refractivity contribution in [3.63, 3.8) is 0 Å². The van der Waals surface area contributed by atoms with Crippen LogP contribution in [0.3, 0.4) is 0 Å². The molecule has 4 nitrogen and oxygen atoms in total. The standard InChI is InChI=1S/C16H15ClF2N2O2/c17-13-6-3-11(7-14(13)19)15(22)9-21-16(23)20-8-10-1-4-12(18)5-2-10/h1-7,15,22H,8-9H2,(H2,20,21,23). The largest absolute Gasteiger partial charge is 0.387 e. The van der Waals surface area contributed by atoms with Gasteiger partial charge in [0.15, 0.2) is 0 Å². The van der Waals surface area contributed by atoms with E-state index in [0.717, 1.165) is 11.6 Å². The monoisotopic (exact) mass is 340 g/mol. The molecule has 0 aliphatic carbocycles. The van der Waals surface area contributed by atoms with Gasteiger partial charge in [-0.25, -0.2) is 13.6 Å². The predicted octanol–water partition coefficient (Wildman–Crippen LogP) is 3.15. The van der Waals surface area contributed by atoms with Crippen molar-refractivity contribution in [3.05, 3.63) is 70.2 Å². The number of carbonyl (C=O) groups excluding carboxylic acids is 1. The Bertz CT molecular complexity index is 680. The highest BCUT2D eigenvalue weighted by Crippen LogP contribution is 2.19. The van der Waals surface area contributed by atoms with E-state index in [1.54, 1.807) is 12.1 Å². The zero-order valence-electron chi connectivity index (χ0n) is 12.0. The summed E-state index contributed by atoms with van der Waals surface area (Å²) in [6, 6.07) is 9.15. The summed E-state index contributed by atoms with van der Waals surface area (Å²) in [5.74, 6) is -0.986. The van der Waals surface area contributed by atoms with Gasteiger partial charge in [0, 0.05) is 13.1 Å². The molecule has 2 aromatic rings. The summed E-state index contributed by atoms with van der Waals surface area (Å²) in [6.07, 6.45) is -1.06. The highest BCUT2D eigenvalue weighted by molar-refractivity contribution is 6.30. The SMILES string of the molecule is O=C(NCc1ccc(F)cc1)NCC(O)c1ccc(Cl)c(F)c1. The second-order valence-corrected chi connectivity index (χ2v) is 5.29. The topological polar surface area (TPSA) is 61.4 Å². The number of aliphatic hydroxyl groups excluding tert-OH is 1. The van der Waals surface area contributed by atoms with Crippen molar-refractivity contribution in [2.75, 3.05) is 6.54 Å². The number of carbonyl (C=O) groups is 1. The number of rotatable bonds is 5. The molecule has 3 N–H and O–H groups in total. The second-order valence-electron chi connectivity index (χ2n) is 4.88. The average Bonchev–Trinajstić information content (AvgIpc) is 2.54. The second kappa shape index (κ2) is 7.89. The van der Waals surface area contributed by atoms with Gasteiger partial charge in [-0.2, -0.15) is 0 Å². The third kappa shape index (κ3) is 5.19. The Hall–Kier alpha value is -2.18. The summed E-state index contributed by atoms with van der Waals surface area (Å²) >= 11 is 5.56. The van der Waals surface area contributed by atoms with Gasteiger partial charge in [-0.05, 0) is 35.4 Å². The third-order valence-electron chi connectivity index (χ3n) is 3.15. The van der Waals surface area contributed by atoms with Gasteiger partial charge < -0.3 is 15.7 Å². The summed E-state index contributed by atoms with van der Waals surface area (Å²) < 4.78 is 26.1. The Labute approximate surface area is 137 Å². The van der Waals surface area contributed by atoms with Crippen molar-refractivity contribution < 1.29 is 18.7 Å². The minimum atomic E-state index is -1.06. The van der Waals surface area contributed by atoms with E-state index in [2.05, 4.69) is 10.6 Å². The summed E-state index contributed by atoms with van der Waals surface area (Å²) in [5.41, 5.74) is 1.05. The first-order valence-electron chi connectivity index (χ1n) is 6.85. The van der Waals surface area contributed by atoms with Crippen molar-refractivity contribution in [1.29, 1.82) is 0 Å². The van der Waals surface area contributed by atoms with Crippen LogP contribution in [0.1, 0.15) is 17.2 Å². The van der Waals surface area contributed by atoms with Crippen molar-refractivity contribution in [1.82, 2.24) is 10.6 Å². The first kappa shape index (κ1) is 17.2. The van der Waals surface area contributed by atoms with Crippen LogP contribution in [0.5, 0.6) is 0 Å². The molecule has 2 rings (SSSR count). The van der Waals surface area contributed by atoms with E-state index in [9.17, 15) is 18.7 Å². The van der Waals surface area contributed by atoms with Crippen LogP contribution in [0.15, 0.2) is 42.5 Å². The van der Waals surface area contributed by atoms with E-state index in [1.807, 2.05) is 0 Å². The maximum Gasteiger partial charge on any atom is 0.315 e. The predicted molar refractivity (Wildman–Crippen MR) is 83.0 cm³/mol. The molecule has 2 amide bonds. The van der Waals surface area contributed by atoms with Gasteiger partial charge in [-0.15, -0.1) is 0 Å². The summed E-state index contributed by atoms with van der Waals surface area (Å²) in [6.45, 7) is 0.133. The number of nitrogens with one attached hydrogen (secondary N) is 2. The number of hydrogen-bond donors (Lipinski definition) is 3. The minimum Gasteiger partial charge on any atom is -0.387 e. The van der Waals surface area contributed by atoms with Crippen LogP contribution in [0.25, 0.3) is 0 Å². The van der Waals surface area contributed by atoms with Crippen LogP contribution in [-0.2, 0) is 6.54 Å². The maximum absolute atomic E-state index is 13.3. The van der Waals surface area contributed by atoms with E-state index in [-0.39, 0.29) is 23.9 Å². The Kier molecular flexibility index (Phi) is 5.90. The lowest BCUT2D eigenvalue weighted by molar-refractivity contribution is 0.172. The number of aliphatic hydroxyl groups is 1. The van der Waals surface area contributed by atoms with Crippen LogP contribution in [0.4, 0.5) is 13.6 Å². The van der Waals surface area contributed by atoms with E-state index < -0.39 is 18.0 Å². The smallest absolute Gasteiger partial charge is 0.315 e. The molecule has 0 radical (unpaired) electrons.